The summed E-state index contributed by atoms with van der Waals surface area (Å²) in [5, 5.41) is 6.34. The van der Waals surface area contributed by atoms with Crippen LogP contribution in [0.4, 0.5) is 0 Å². The third-order valence-electron chi connectivity index (χ3n) is 3.38. The lowest BCUT2D eigenvalue weighted by molar-refractivity contribution is -0.124. The highest BCUT2D eigenvalue weighted by atomic mass is 16.2. The highest BCUT2D eigenvalue weighted by molar-refractivity contribution is 5.81. The van der Waals surface area contributed by atoms with Crippen LogP contribution in [-0.2, 0) is 4.79 Å². The van der Waals surface area contributed by atoms with Gasteiger partial charge in [-0.15, -0.1) is 0 Å². The van der Waals surface area contributed by atoms with Crippen molar-refractivity contribution in [1.82, 2.24) is 10.6 Å². The van der Waals surface area contributed by atoms with Crippen molar-refractivity contribution in [2.24, 2.45) is 5.41 Å². The maximum Gasteiger partial charge on any atom is 0.237 e. The third-order valence-corrected chi connectivity index (χ3v) is 3.38. The number of carbonyl (C=O) groups excluding carboxylic acids is 1. The first-order chi connectivity index (χ1) is 7.28. The number of rotatable bonds is 5. The van der Waals surface area contributed by atoms with E-state index in [1.165, 1.54) is 19.3 Å². The van der Waals surface area contributed by atoms with Crippen LogP contribution in [0.5, 0.6) is 0 Å². The van der Waals surface area contributed by atoms with Crippen LogP contribution in [0.1, 0.15) is 53.9 Å². The van der Waals surface area contributed by atoms with Gasteiger partial charge in [0.2, 0.25) is 5.91 Å². The van der Waals surface area contributed by atoms with Gasteiger partial charge in [0.25, 0.3) is 0 Å². The number of nitrogens with one attached hydrogen (secondary N) is 2. The van der Waals surface area contributed by atoms with Gasteiger partial charge in [-0.05, 0) is 52.4 Å². The Morgan fingerprint density at radius 3 is 2.31 bits per heavy atom. The summed E-state index contributed by atoms with van der Waals surface area (Å²) in [6.45, 7) is 11.2. The van der Waals surface area contributed by atoms with E-state index in [0.29, 0.717) is 5.41 Å². The molecule has 0 aliphatic heterocycles. The van der Waals surface area contributed by atoms with E-state index in [4.69, 9.17) is 0 Å². The van der Waals surface area contributed by atoms with Crippen LogP contribution in [-0.4, -0.2) is 24.0 Å². The SMILES string of the molecule is CCC1(CNC(C)C(=O)NC(C)(C)C)CC1. The normalized spacial score (nSPS) is 20.3. The molecule has 16 heavy (non-hydrogen) atoms. The van der Waals surface area contributed by atoms with E-state index in [9.17, 15) is 4.79 Å². The van der Waals surface area contributed by atoms with Gasteiger partial charge in [-0.2, -0.15) is 0 Å². The Bertz CT molecular complexity index is 251. The zero-order valence-electron chi connectivity index (χ0n) is 11.3. The molecule has 1 aliphatic carbocycles. The molecule has 0 spiro atoms. The summed E-state index contributed by atoms with van der Waals surface area (Å²) in [5.41, 5.74) is 0.353. The first-order valence-corrected chi connectivity index (χ1v) is 6.33. The number of carbonyl (C=O) groups is 1. The van der Waals surface area contributed by atoms with Crippen molar-refractivity contribution in [2.75, 3.05) is 6.54 Å². The Morgan fingerprint density at radius 1 is 1.38 bits per heavy atom. The second-order valence-electron chi connectivity index (χ2n) is 6.20. The van der Waals surface area contributed by atoms with Crippen molar-refractivity contribution >= 4 is 5.91 Å². The van der Waals surface area contributed by atoms with Crippen molar-refractivity contribution in [1.29, 1.82) is 0 Å². The molecule has 1 atom stereocenters. The van der Waals surface area contributed by atoms with Crippen molar-refractivity contribution in [3.05, 3.63) is 0 Å². The van der Waals surface area contributed by atoms with Crippen LogP contribution >= 0.6 is 0 Å². The molecule has 3 nitrogen and oxygen atoms in total. The van der Waals surface area contributed by atoms with Crippen LogP contribution in [0.15, 0.2) is 0 Å². The molecule has 0 saturated heterocycles. The van der Waals surface area contributed by atoms with E-state index in [1.807, 2.05) is 27.7 Å². The van der Waals surface area contributed by atoms with E-state index in [1.54, 1.807) is 0 Å². The Balaban J connectivity index is 2.29. The molecule has 1 amide bonds. The lowest BCUT2D eigenvalue weighted by atomic mass is 10.0. The predicted octanol–water partition coefficient (Wildman–Crippen LogP) is 2.07. The fourth-order valence-electron chi connectivity index (χ4n) is 1.77. The minimum absolute atomic E-state index is 0.0942. The fraction of sp³-hybridized carbons (Fsp3) is 0.923. The molecule has 1 unspecified atom stereocenters. The zero-order valence-corrected chi connectivity index (χ0v) is 11.3. The predicted molar refractivity (Wildman–Crippen MR) is 67.3 cm³/mol. The number of hydrogen-bond donors (Lipinski definition) is 2. The summed E-state index contributed by atoms with van der Waals surface area (Å²) in [5.74, 6) is 0.0967. The van der Waals surface area contributed by atoms with Gasteiger partial charge in [-0.1, -0.05) is 6.92 Å². The molecule has 0 heterocycles. The van der Waals surface area contributed by atoms with Gasteiger partial charge in [0.05, 0.1) is 6.04 Å². The molecular formula is C13H26N2O. The first kappa shape index (κ1) is 13.5. The summed E-state index contributed by atoms with van der Waals surface area (Å²) >= 11 is 0. The van der Waals surface area contributed by atoms with Crippen molar-refractivity contribution in [2.45, 2.75) is 65.5 Å². The van der Waals surface area contributed by atoms with Gasteiger partial charge in [-0.25, -0.2) is 0 Å². The molecule has 0 aromatic carbocycles. The monoisotopic (exact) mass is 226 g/mol. The highest BCUT2D eigenvalue weighted by Crippen LogP contribution is 2.47. The lowest BCUT2D eigenvalue weighted by Gasteiger charge is -2.24. The molecule has 94 valence electrons. The smallest absolute Gasteiger partial charge is 0.237 e. The standard InChI is InChI=1S/C13H26N2O/c1-6-13(7-8-13)9-14-10(2)11(16)15-12(3,4)5/h10,14H,6-9H2,1-5H3,(H,15,16). The van der Waals surface area contributed by atoms with Gasteiger partial charge in [0.15, 0.2) is 0 Å². The molecule has 1 saturated carbocycles. The lowest BCUT2D eigenvalue weighted by Crippen LogP contribution is -2.50. The van der Waals surface area contributed by atoms with Crippen LogP contribution in [0.2, 0.25) is 0 Å². The second kappa shape index (κ2) is 4.74. The van der Waals surface area contributed by atoms with Gasteiger partial charge in [-0.3, -0.25) is 4.79 Å². The van der Waals surface area contributed by atoms with Crippen molar-refractivity contribution in [3.63, 3.8) is 0 Å². The summed E-state index contributed by atoms with van der Waals surface area (Å²) in [6, 6.07) is -0.0942. The average Bonchev–Trinajstić information content (AvgIpc) is 2.92. The summed E-state index contributed by atoms with van der Waals surface area (Å²) in [4.78, 5) is 11.8. The minimum Gasteiger partial charge on any atom is -0.350 e. The summed E-state index contributed by atoms with van der Waals surface area (Å²) in [7, 11) is 0. The van der Waals surface area contributed by atoms with Crippen molar-refractivity contribution in [3.8, 4) is 0 Å². The Morgan fingerprint density at radius 2 is 1.94 bits per heavy atom. The maximum atomic E-state index is 11.8. The summed E-state index contributed by atoms with van der Waals surface area (Å²) in [6.07, 6.45) is 3.84. The fourth-order valence-corrected chi connectivity index (χ4v) is 1.77. The third kappa shape index (κ3) is 4.12. The van der Waals surface area contributed by atoms with Gasteiger partial charge < -0.3 is 10.6 Å². The Kier molecular flexibility index (Phi) is 4.00. The molecule has 3 heteroatoms. The highest BCUT2D eigenvalue weighted by Gasteiger charge is 2.40. The topological polar surface area (TPSA) is 41.1 Å². The van der Waals surface area contributed by atoms with Crippen molar-refractivity contribution < 1.29 is 4.79 Å². The first-order valence-electron chi connectivity index (χ1n) is 6.33. The average molecular weight is 226 g/mol. The molecule has 0 aromatic heterocycles. The minimum atomic E-state index is -0.144. The van der Waals surface area contributed by atoms with Crippen LogP contribution in [0, 0.1) is 5.41 Å². The molecule has 0 aromatic rings. The molecule has 1 aliphatic rings. The van der Waals surface area contributed by atoms with Gasteiger partial charge in [0.1, 0.15) is 0 Å². The summed E-state index contributed by atoms with van der Waals surface area (Å²) < 4.78 is 0. The molecule has 1 fully saturated rings. The van der Waals surface area contributed by atoms with E-state index in [-0.39, 0.29) is 17.5 Å². The van der Waals surface area contributed by atoms with Crippen LogP contribution in [0.3, 0.4) is 0 Å². The molecule has 2 N–H and O–H groups in total. The second-order valence-corrected chi connectivity index (χ2v) is 6.20. The molecule has 0 radical (unpaired) electrons. The van der Waals surface area contributed by atoms with E-state index in [2.05, 4.69) is 17.6 Å². The quantitative estimate of drug-likeness (QED) is 0.753. The van der Waals surface area contributed by atoms with E-state index in [0.717, 1.165) is 6.54 Å². The number of amides is 1. The largest absolute Gasteiger partial charge is 0.350 e. The van der Waals surface area contributed by atoms with Crippen LogP contribution < -0.4 is 10.6 Å². The molecule has 1 rings (SSSR count). The Labute approximate surface area is 99.4 Å². The Hall–Kier alpha value is -0.570. The zero-order chi connectivity index (χ0) is 12.4. The van der Waals surface area contributed by atoms with E-state index >= 15 is 0 Å². The maximum absolute atomic E-state index is 11.8. The van der Waals surface area contributed by atoms with Crippen LogP contribution in [0.25, 0.3) is 0 Å². The number of hydrogen-bond acceptors (Lipinski definition) is 2. The van der Waals surface area contributed by atoms with Gasteiger partial charge >= 0.3 is 0 Å². The molecule has 0 bridgehead atoms. The van der Waals surface area contributed by atoms with E-state index < -0.39 is 0 Å². The van der Waals surface area contributed by atoms with Gasteiger partial charge in [0, 0.05) is 12.1 Å². The molecular weight excluding hydrogens is 200 g/mol.